The zero-order chi connectivity index (χ0) is 14.0. The number of carboxylic acids is 1. The molecule has 0 bridgehead atoms. The first-order chi connectivity index (χ1) is 8.50. The fourth-order valence-electron chi connectivity index (χ4n) is 2.13. The summed E-state index contributed by atoms with van der Waals surface area (Å²) in [6, 6.07) is 0. The second kappa shape index (κ2) is 9.34. The normalized spacial score (nSPS) is 14.7. The summed E-state index contributed by atoms with van der Waals surface area (Å²) in [5.41, 5.74) is -0.779. The van der Waals surface area contributed by atoms with Gasteiger partial charge in [-0.15, -0.1) is 0 Å². The number of hydrogen-bond acceptors (Lipinski definition) is 3. The summed E-state index contributed by atoms with van der Waals surface area (Å²) < 4.78 is 0. The Balaban J connectivity index is 4.08. The standard InChI is InChI=1S/C14H30N2O2/c1-5-8-11-16(7-3)12-9-10-14(4,13(17)18)15-6-2/h15H,5-12H2,1-4H3,(H,17,18). The van der Waals surface area contributed by atoms with Crippen molar-refractivity contribution in [3.63, 3.8) is 0 Å². The van der Waals surface area contributed by atoms with E-state index in [1.54, 1.807) is 6.92 Å². The Kier molecular flexibility index (Phi) is 9.02. The summed E-state index contributed by atoms with van der Waals surface area (Å²) in [6.45, 7) is 11.9. The zero-order valence-corrected chi connectivity index (χ0v) is 12.5. The Morgan fingerprint density at radius 1 is 1.22 bits per heavy atom. The molecule has 0 fully saturated rings. The van der Waals surface area contributed by atoms with E-state index < -0.39 is 11.5 Å². The summed E-state index contributed by atoms with van der Waals surface area (Å²) in [5, 5.41) is 12.3. The lowest BCUT2D eigenvalue weighted by Crippen LogP contribution is -2.49. The van der Waals surface area contributed by atoms with Gasteiger partial charge in [0.05, 0.1) is 0 Å². The van der Waals surface area contributed by atoms with Crippen LogP contribution in [0.15, 0.2) is 0 Å². The predicted octanol–water partition coefficient (Wildman–Crippen LogP) is 2.34. The van der Waals surface area contributed by atoms with Crippen LogP contribution in [-0.2, 0) is 4.79 Å². The summed E-state index contributed by atoms with van der Waals surface area (Å²) in [4.78, 5) is 13.7. The van der Waals surface area contributed by atoms with Gasteiger partial charge in [0, 0.05) is 0 Å². The monoisotopic (exact) mass is 258 g/mol. The van der Waals surface area contributed by atoms with E-state index in [9.17, 15) is 9.90 Å². The molecular formula is C14H30N2O2. The van der Waals surface area contributed by atoms with Gasteiger partial charge in [0.2, 0.25) is 0 Å². The molecule has 0 aromatic carbocycles. The first-order valence-electron chi connectivity index (χ1n) is 7.20. The van der Waals surface area contributed by atoms with Gasteiger partial charge in [0.25, 0.3) is 0 Å². The lowest BCUT2D eigenvalue weighted by Gasteiger charge is -2.27. The first-order valence-corrected chi connectivity index (χ1v) is 7.20. The fraction of sp³-hybridized carbons (Fsp3) is 0.929. The number of nitrogens with zero attached hydrogens (tertiary/aromatic N) is 1. The molecule has 0 aliphatic rings. The molecule has 2 N–H and O–H groups in total. The second-order valence-corrected chi connectivity index (χ2v) is 5.06. The number of hydrogen-bond donors (Lipinski definition) is 2. The third-order valence-corrected chi connectivity index (χ3v) is 3.47. The molecular weight excluding hydrogens is 228 g/mol. The van der Waals surface area contributed by atoms with Crippen LogP contribution in [0.4, 0.5) is 0 Å². The van der Waals surface area contributed by atoms with Crippen molar-refractivity contribution >= 4 is 5.97 Å². The molecule has 1 unspecified atom stereocenters. The quantitative estimate of drug-likeness (QED) is 0.597. The molecule has 0 amide bonds. The summed E-state index contributed by atoms with van der Waals surface area (Å²) >= 11 is 0. The fourth-order valence-corrected chi connectivity index (χ4v) is 2.13. The molecule has 0 saturated heterocycles. The van der Waals surface area contributed by atoms with Crippen molar-refractivity contribution in [3.8, 4) is 0 Å². The Hall–Kier alpha value is -0.610. The molecule has 0 rings (SSSR count). The van der Waals surface area contributed by atoms with Gasteiger partial charge in [-0.2, -0.15) is 0 Å². The number of carboxylic acid groups (broad SMARTS) is 1. The third kappa shape index (κ3) is 6.36. The van der Waals surface area contributed by atoms with Crippen LogP contribution in [0.1, 0.15) is 53.4 Å². The van der Waals surface area contributed by atoms with Crippen molar-refractivity contribution in [1.82, 2.24) is 10.2 Å². The van der Waals surface area contributed by atoms with Crippen LogP contribution in [-0.4, -0.2) is 47.7 Å². The van der Waals surface area contributed by atoms with Crippen LogP contribution in [0.25, 0.3) is 0 Å². The average molecular weight is 258 g/mol. The average Bonchev–Trinajstić information content (AvgIpc) is 2.33. The summed E-state index contributed by atoms with van der Waals surface area (Å²) in [7, 11) is 0. The van der Waals surface area contributed by atoms with Crippen molar-refractivity contribution in [2.45, 2.75) is 58.9 Å². The van der Waals surface area contributed by atoms with Crippen LogP contribution in [0.2, 0.25) is 0 Å². The zero-order valence-electron chi connectivity index (χ0n) is 12.5. The van der Waals surface area contributed by atoms with Crippen LogP contribution < -0.4 is 5.32 Å². The summed E-state index contributed by atoms with van der Waals surface area (Å²) in [6.07, 6.45) is 4.03. The van der Waals surface area contributed by atoms with E-state index in [1.165, 1.54) is 12.8 Å². The molecule has 108 valence electrons. The van der Waals surface area contributed by atoms with E-state index in [4.69, 9.17) is 0 Å². The second-order valence-electron chi connectivity index (χ2n) is 5.06. The highest BCUT2D eigenvalue weighted by molar-refractivity contribution is 5.78. The minimum Gasteiger partial charge on any atom is -0.480 e. The highest BCUT2D eigenvalue weighted by atomic mass is 16.4. The summed E-state index contributed by atoms with van der Waals surface area (Å²) in [5.74, 6) is -0.749. The minimum absolute atomic E-state index is 0.679. The van der Waals surface area contributed by atoms with E-state index in [2.05, 4.69) is 24.1 Å². The molecule has 18 heavy (non-hydrogen) atoms. The molecule has 0 radical (unpaired) electrons. The molecule has 0 aliphatic heterocycles. The van der Waals surface area contributed by atoms with Crippen LogP contribution in [0, 0.1) is 0 Å². The van der Waals surface area contributed by atoms with Gasteiger partial charge in [-0.25, -0.2) is 0 Å². The Bertz CT molecular complexity index is 234. The largest absolute Gasteiger partial charge is 0.480 e. The van der Waals surface area contributed by atoms with E-state index >= 15 is 0 Å². The minimum atomic E-state index is -0.779. The highest BCUT2D eigenvalue weighted by Gasteiger charge is 2.31. The molecule has 0 saturated carbocycles. The van der Waals surface area contributed by atoms with E-state index in [0.717, 1.165) is 26.1 Å². The molecule has 0 aromatic rings. The van der Waals surface area contributed by atoms with Crippen LogP contribution >= 0.6 is 0 Å². The highest BCUT2D eigenvalue weighted by Crippen LogP contribution is 2.13. The van der Waals surface area contributed by atoms with Gasteiger partial charge in [-0.3, -0.25) is 4.79 Å². The topological polar surface area (TPSA) is 52.6 Å². The van der Waals surface area contributed by atoms with Crippen molar-refractivity contribution in [1.29, 1.82) is 0 Å². The molecule has 0 heterocycles. The van der Waals surface area contributed by atoms with Gasteiger partial charge in [-0.1, -0.05) is 27.2 Å². The Morgan fingerprint density at radius 3 is 2.28 bits per heavy atom. The molecule has 0 spiro atoms. The van der Waals surface area contributed by atoms with E-state index in [1.807, 2.05) is 6.92 Å². The maximum Gasteiger partial charge on any atom is 0.323 e. The van der Waals surface area contributed by atoms with Crippen molar-refractivity contribution < 1.29 is 9.90 Å². The van der Waals surface area contributed by atoms with Crippen molar-refractivity contribution in [3.05, 3.63) is 0 Å². The molecule has 1 atom stereocenters. The number of aliphatic carboxylic acids is 1. The smallest absolute Gasteiger partial charge is 0.323 e. The van der Waals surface area contributed by atoms with Crippen LogP contribution in [0.5, 0.6) is 0 Å². The number of nitrogens with one attached hydrogen (secondary N) is 1. The maximum absolute atomic E-state index is 11.3. The SMILES string of the molecule is CCCCN(CC)CCCC(C)(NCC)C(=O)O. The molecule has 0 aliphatic carbocycles. The van der Waals surface area contributed by atoms with Gasteiger partial charge in [-0.05, 0) is 52.4 Å². The van der Waals surface area contributed by atoms with Gasteiger partial charge in [0.15, 0.2) is 0 Å². The lowest BCUT2D eigenvalue weighted by molar-refractivity contribution is -0.144. The van der Waals surface area contributed by atoms with Gasteiger partial charge in [0.1, 0.15) is 5.54 Å². The number of likely N-dealkylation sites (N-methyl/N-ethyl adjacent to an activating group) is 1. The molecule has 0 aromatic heterocycles. The van der Waals surface area contributed by atoms with Crippen molar-refractivity contribution in [2.75, 3.05) is 26.2 Å². The van der Waals surface area contributed by atoms with Crippen molar-refractivity contribution in [2.24, 2.45) is 0 Å². The number of unbranched alkanes of at least 4 members (excludes halogenated alkanes) is 1. The molecule has 4 nitrogen and oxygen atoms in total. The van der Waals surface area contributed by atoms with Crippen LogP contribution in [0.3, 0.4) is 0 Å². The Morgan fingerprint density at radius 2 is 1.83 bits per heavy atom. The third-order valence-electron chi connectivity index (χ3n) is 3.47. The van der Waals surface area contributed by atoms with E-state index in [-0.39, 0.29) is 0 Å². The number of carbonyl (C=O) groups is 1. The first kappa shape index (κ1) is 17.4. The van der Waals surface area contributed by atoms with Gasteiger partial charge < -0.3 is 15.3 Å². The number of rotatable bonds is 11. The van der Waals surface area contributed by atoms with Gasteiger partial charge >= 0.3 is 5.97 Å². The molecule has 4 heteroatoms. The predicted molar refractivity (Wildman–Crippen MR) is 76.0 cm³/mol. The maximum atomic E-state index is 11.3. The lowest BCUT2D eigenvalue weighted by atomic mass is 9.95. The Labute approximate surface area is 112 Å². The van der Waals surface area contributed by atoms with E-state index in [0.29, 0.717) is 13.0 Å².